The first-order valence-corrected chi connectivity index (χ1v) is 17.3. The van der Waals surface area contributed by atoms with Crippen LogP contribution in [0.2, 0.25) is 0 Å². The molecule has 4 nitrogen and oxygen atoms in total. The van der Waals surface area contributed by atoms with Gasteiger partial charge in [-0.15, -0.1) is 0 Å². The third-order valence-electron chi connectivity index (χ3n) is 7.97. The summed E-state index contributed by atoms with van der Waals surface area (Å²) in [5.41, 5.74) is 6.51. The lowest BCUT2D eigenvalue weighted by atomic mass is 9.85. The smallest absolute Gasteiger partial charge is 0.224 e. The maximum Gasteiger partial charge on any atom is 0.224 e. The maximum atomic E-state index is 12.7. The molecule has 0 saturated carbocycles. The summed E-state index contributed by atoms with van der Waals surface area (Å²) < 4.78 is 8.49. The number of hydrogen-bond donors (Lipinski definition) is 0. The molecule has 1 aromatic heterocycles. The van der Waals surface area contributed by atoms with Gasteiger partial charge in [-0.2, -0.15) is 4.57 Å². The first-order valence-electron chi connectivity index (χ1n) is 16.3. The normalized spacial score (nSPS) is 11.3. The van der Waals surface area contributed by atoms with Crippen LogP contribution in [-0.2, 0) is 23.3 Å². The molecule has 0 unspecified atom stereocenters. The SMILES string of the molecule is CCCCCCCCCCCCCCOc1ccc(CN(C(C)=O)c2ccc(C[n+]3ccsc3)cc2)cc1C(C)(C)C.[Br-]. The number of amides is 1. The number of rotatable bonds is 19. The average molecular weight is 672 g/mol. The number of nitrogens with zero attached hydrogens (tertiary/aromatic N) is 2. The van der Waals surface area contributed by atoms with Crippen molar-refractivity contribution >= 4 is 22.9 Å². The van der Waals surface area contributed by atoms with E-state index in [2.05, 4.69) is 91.8 Å². The van der Waals surface area contributed by atoms with Crippen LogP contribution in [0.3, 0.4) is 0 Å². The van der Waals surface area contributed by atoms with Crippen molar-refractivity contribution in [1.82, 2.24) is 0 Å². The van der Waals surface area contributed by atoms with Gasteiger partial charge in [0.15, 0.2) is 12.7 Å². The molecule has 238 valence electrons. The van der Waals surface area contributed by atoms with Crippen LogP contribution in [0.25, 0.3) is 0 Å². The molecule has 0 radical (unpaired) electrons. The summed E-state index contributed by atoms with van der Waals surface area (Å²) in [5.74, 6) is 1.01. The zero-order valence-corrected chi connectivity index (χ0v) is 29.8. The molecule has 0 spiro atoms. The van der Waals surface area contributed by atoms with Gasteiger partial charge >= 0.3 is 0 Å². The van der Waals surface area contributed by atoms with Gasteiger partial charge in [0, 0.05) is 18.2 Å². The molecule has 0 fully saturated rings. The number of ether oxygens (including phenoxy) is 1. The predicted octanol–water partition coefficient (Wildman–Crippen LogP) is 7.02. The summed E-state index contributed by atoms with van der Waals surface area (Å²) in [4.78, 5) is 14.5. The topological polar surface area (TPSA) is 33.4 Å². The van der Waals surface area contributed by atoms with E-state index in [9.17, 15) is 4.79 Å². The van der Waals surface area contributed by atoms with E-state index in [0.29, 0.717) is 6.54 Å². The van der Waals surface area contributed by atoms with E-state index in [4.69, 9.17) is 4.74 Å². The van der Waals surface area contributed by atoms with Crippen molar-refractivity contribution in [3.8, 4) is 5.75 Å². The Morgan fingerprint density at radius 3 is 1.95 bits per heavy atom. The Morgan fingerprint density at radius 1 is 0.837 bits per heavy atom. The third-order valence-corrected chi connectivity index (χ3v) is 8.64. The van der Waals surface area contributed by atoms with Crippen LogP contribution >= 0.6 is 11.3 Å². The van der Waals surface area contributed by atoms with E-state index < -0.39 is 0 Å². The minimum atomic E-state index is -0.0517. The van der Waals surface area contributed by atoms with Crippen molar-refractivity contribution in [3.63, 3.8) is 0 Å². The fourth-order valence-corrected chi connectivity index (χ4v) is 6.02. The number of hydrogen-bond acceptors (Lipinski definition) is 3. The van der Waals surface area contributed by atoms with Crippen LogP contribution < -0.4 is 31.2 Å². The predicted molar refractivity (Wildman–Crippen MR) is 179 cm³/mol. The van der Waals surface area contributed by atoms with Crippen LogP contribution in [0.4, 0.5) is 5.69 Å². The minimum absolute atomic E-state index is 0. The molecule has 3 rings (SSSR count). The van der Waals surface area contributed by atoms with E-state index >= 15 is 0 Å². The molecule has 2 aromatic carbocycles. The standard InChI is InChI=1S/C37H55N2O2S.BrH/c1-6-7-8-9-10-11-12-13-14-15-16-17-25-41-36-23-20-33(27-35(36)37(3,4)5)29-39(31(2)40)34-21-18-32(19-22-34)28-38-24-26-42-30-38;/h18-24,26-27,30H,6-17,25,28-29H2,1-5H3;1H/q+1;/p-1. The third kappa shape index (κ3) is 13.6. The van der Waals surface area contributed by atoms with Crippen LogP contribution in [0, 0.1) is 0 Å². The highest BCUT2D eigenvalue weighted by molar-refractivity contribution is 7.07. The summed E-state index contributed by atoms with van der Waals surface area (Å²) in [7, 11) is 0. The van der Waals surface area contributed by atoms with E-state index in [1.54, 1.807) is 18.3 Å². The van der Waals surface area contributed by atoms with Gasteiger partial charge in [-0.3, -0.25) is 4.79 Å². The van der Waals surface area contributed by atoms with E-state index in [0.717, 1.165) is 36.6 Å². The van der Waals surface area contributed by atoms with Crippen LogP contribution in [-0.4, -0.2) is 12.5 Å². The molecule has 0 atom stereocenters. The Kier molecular flexibility index (Phi) is 17.2. The van der Waals surface area contributed by atoms with Crippen LogP contribution in [0.5, 0.6) is 5.75 Å². The number of anilines is 1. The zero-order chi connectivity index (χ0) is 30.2. The number of thiazole rings is 1. The quantitative estimate of drug-likeness (QED) is 0.101. The number of unbranched alkanes of at least 4 members (excludes halogenated alkanes) is 11. The molecule has 0 bridgehead atoms. The van der Waals surface area contributed by atoms with Gasteiger partial charge < -0.3 is 26.6 Å². The average Bonchev–Trinajstić information content (AvgIpc) is 3.47. The molecule has 6 heteroatoms. The van der Waals surface area contributed by atoms with Gasteiger partial charge in [0.2, 0.25) is 11.4 Å². The largest absolute Gasteiger partial charge is 1.00 e. The molecular formula is C37H55BrN2O2S. The molecule has 0 N–H and O–H groups in total. The highest BCUT2D eigenvalue weighted by Crippen LogP contribution is 2.33. The van der Waals surface area contributed by atoms with Crippen molar-refractivity contribution in [2.24, 2.45) is 0 Å². The summed E-state index contributed by atoms with van der Waals surface area (Å²) in [6.45, 7) is 12.8. The van der Waals surface area contributed by atoms with Gasteiger partial charge in [0.25, 0.3) is 0 Å². The summed E-state index contributed by atoms with van der Waals surface area (Å²) >= 11 is 1.69. The molecule has 0 saturated heterocycles. The maximum absolute atomic E-state index is 12.7. The van der Waals surface area contributed by atoms with Gasteiger partial charge in [-0.1, -0.05) is 128 Å². The van der Waals surface area contributed by atoms with E-state index in [1.807, 2.05) is 4.90 Å². The first-order chi connectivity index (χ1) is 20.3. The lowest BCUT2D eigenvalue weighted by molar-refractivity contribution is -0.683. The Balaban J connectivity index is 0.00000645. The van der Waals surface area contributed by atoms with Crippen molar-refractivity contribution < 1.29 is 31.1 Å². The van der Waals surface area contributed by atoms with Crippen LogP contribution in [0.1, 0.15) is 128 Å². The zero-order valence-electron chi connectivity index (χ0n) is 27.4. The second-order valence-corrected chi connectivity index (χ2v) is 13.5. The lowest BCUT2D eigenvalue weighted by Gasteiger charge is -2.26. The highest BCUT2D eigenvalue weighted by atomic mass is 79.9. The van der Waals surface area contributed by atoms with Gasteiger partial charge in [-0.25, -0.2) is 0 Å². The molecule has 1 heterocycles. The number of carbonyl (C=O) groups excluding carboxylic acids is 1. The number of aromatic nitrogens is 1. The molecule has 0 aliphatic heterocycles. The van der Waals surface area contributed by atoms with Gasteiger partial charge in [-0.05, 0) is 47.2 Å². The van der Waals surface area contributed by atoms with Crippen molar-refractivity contribution in [2.75, 3.05) is 11.5 Å². The van der Waals surface area contributed by atoms with Crippen molar-refractivity contribution in [3.05, 3.63) is 76.2 Å². The first kappa shape index (κ1) is 37.0. The molecule has 43 heavy (non-hydrogen) atoms. The highest BCUT2D eigenvalue weighted by Gasteiger charge is 2.21. The molecule has 0 aliphatic rings. The monoisotopic (exact) mass is 670 g/mol. The van der Waals surface area contributed by atoms with Gasteiger partial charge in [0.05, 0.1) is 18.5 Å². The summed E-state index contributed by atoms with van der Waals surface area (Å²) in [5, 5.41) is 2.08. The Hall–Kier alpha value is -2.18. The summed E-state index contributed by atoms with van der Waals surface area (Å²) in [6.07, 6.45) is 18.2. The van der Waals surface area contributed by atoms with Crippen molar-refractivity contribution in [1.29, 1.82) is 0 Å². The fraction of sp³-hybridized carbons (Fsp3) is 0.568. The molecule has 1 amide bonds. The fourth-order valence-electron chi connectivity index (χ4n) is 5.42. The Bertz CT molecular complexity index is 1170. The lowest BCUT2D eigenvalue weighted by Crippen LogP contribution is -3.00. The Labute approximate surface area is 276 Å². The van der Waals surface area contributed by atoms with Crippen molar-refractivity contribution in [2.45, 2.75) is 130 Å². The Morgan fingerprint density at radius 2 is 1.42 bits per heavy atom. The van der Waals surface area contributed by atoms with E-state index in [-0.39, 0.29) is 28.3 Å². The van der Waals surface area contributed by atoms with E-state index in [1.165, 1.54) is 81.8 Å². The number of carbonyl (C=O) groups is 1. The summed E-state index contributed by atoms with van der Waals surface area (Å²) in [6, 6.07) is 14.8. The minimum Gasteiger partial charge on any atom is -1.00 e. The number of halogens is 1. The van der Waals surface area contributed by atoms with Gasteiger partial charge in [0.1, 0.15) is 5.75 Å². The second-order valence-electron chi connectivity index (χ2n) is 12.8. The number of benzene rings is 2. The van der Waals surface area contributed by atoms with Crippen LogP contribution in [0.15, 0.2) is 59.6 Å². The molecular weight excluding hydrogens is 616 g/mol. The second kappa shape index (κ2) is 20.0. The molecule has 3 aromatic rings. The molecule has 0 aliphatic carbocycles.